The maximum absolute atomic E-state index is 12.4. The molecule has 0 bridgehead atoms. The van der Waals surface area contributed by atoms with Crippen LogP contribution in [0.25, 0.3) is 0 Å². The van der Waals surface area contributed by atoms with Gasteiger partial charge in [0.05, 0.1) is 5.56 Å². The summed E-state index contributed by atoms with van der Waals surface area (Å²) < 4.78 is 37.1. The minimum atomic E-state index is -4.47. The number of likely N-dealkylation sites (tertiary alicyclic amines) is 1. The second-order valence-corrected chi connectivity index (χ2v) is 4.77. The largest absolute Gasteiger partial charge is 0.433 e. The fourth-order valence-electron chi connectivity index (χ4n) is 2.25. The lowest BCUT2D eigenvalue weighted by atomic mass is 10.0. The van der Waals surface area contributed by atoms with Gasteiger partial charge in [0.15, 0.2) is 0 Å². The number of rotatable bonds is 1. The molecule has 6 heteroatoms. The predicted molar refractivity (Wildman–Crippen MR) is 63.6 cm³/mol. The van der Waals surface area contributed by atoms with Gasteiger partial charge in [0, 0.05) is 18.8 Å². The van der Waals surface area contributed by atoms with Crippen molar-refractivity contribution in [3.8, 4) is 0 Å². The first kappa shape index (κ1) is 13.8. The second kappa shape index (κ2) is 5.19. The van der Waals surface area contributed by atoms with Crippen molar-refractivity contribution in [2.24, 2.45) is 0 Å². The quantitative estimate of drug-likeness (QED) is 0.787. The van der Waals surface area contributed by atoms with Crippen LogP contribution in [0.2, 0.25) is 0 Å². The number of alkyl halides is 3. The summed E-state index contributed by atoms with van der Waals surface area (Å²) in [5.41, 5.74) is -0.766. The van der Waals surface area contributed by atoms with E-state index < -0.39 is 11.9 Å². The maximum atomic E-state index is 12.4. The molecule has 0 aliphatic carbocycles. The van der Waals surface area contributed by atoms with Crippen LogP contribution in [0.5, 0.6) is 0 Å². The number of carbonyl (C=O) groups is 1. The summed E-state index contributed by atoms with van der Waals surface area (Å²) in [7, 11) is 0. The summed E-state index contributed by atoms with van der Waals surface area (Å²) in [6.07, 6.45) is -0.521. The monoisotopic (exact) mass is 272 g/mol. The van der Waals surface area contributed by atoms with Crippen LogP contribution in [0.4, 0.5) is 13.2 Å². The van der Waals surface area contributed by atoms with Crippen molar-refractivity contribution in [3.63, 3.8) is 0 Å². The fourth-order valence-corrected chi connectivity index (χ4v) is 2.25. The summed E-state index contributed by atoms with van der Waals surface area (Å²) in [6, 6.07) is 2.17. The van der Waals surface area contributed by atoms with Crippen LogP contribution >= 0.6 is 0 Å². The zero-order valence-corrected chi connectivity index (χ0v) is 10.6. The molecule has 1 saturated heterocycles. The van der Waals surface area contributed by atoms with E-state index in [1.807, 2.05) is 6.92 Å². The lowest BCUT2D eigenvalue weighted by Crippen LogP contribution is -2.42. The third-order valence-corrected chi connectivity index (χ3v) is 3.36. The number of piperidine rings is 1. The molecule has 19 heavy (non-hydrogen) atoms. The lowest BCUT2D eigenvalue weighted by molar-refractivity contribution is -0.141. The van der Waals surface area contributed by atoms with Gasteiger partial charge in [0.2, 0.25) is 0 Å². The Morgan fingerprint density at radius 1 is 1.37 bits per heavy atom. The summed E-state index contributed by atoms with van der Waals surface area (Å²) >= 11 is 0. The van der Waals surface area contributed by atoms with Gasteiger partial charge in [0.25, 0.3) is 5.91 Å². The van der Waals surface area contributed by atoms with Crippen LogP contribution in [0.15, 0.2) is 18.3 Å². The number of hydrogen-bond acceptors (Lipinski definition) is 2. The van der Waals surface area contributed by atoms with Crippen molar-refractivity contribution >= 4 is 5.91 Å². The SMILES string of the molecule is CC1CCCCN1C(=O)c1ccc(C(F)(F)F)nc1. The van der Waals surface area contributed by atoms with Crippen LogP contribution in [-0.4, -0.2) is 28.4 Å². The normalized spacial score (nSPS) is 20.4. The number of halogens is 3. The van der Waals surface area contributed by atoms with Gasteiger partial charge in [0.1, 0.15) is 5.69 Å². The van der Waals surface area contributed by atoms with Crippen molar-refractivity contribution in [1.82, 2.24) is 9.88 Å². The molecule has 104 valence electrons. The Morgan fingerprint density at radius 3 is 2.63 bits per heavy atom. The first-order valence-electron chi connectivity index (χ1n) is 6.24. The Balaban J connectivity index is 2.15. The average Bonchev–Trinajstić information content (AvgIpc) is 2.38. The minimum absolute atomic E-state index is 0.128. The molecular weight excluding hydrogens is 257 g/mol. The Hall–Kier alpha value is -1.59. The van der Waals surface area contributed by atoms with Crippen molar-refractivity contribution in [2.75, 3.05) is 6.54 Å². The van der Waals surface area contributed by atoms with E-state index in [0.717, 1.165) is 31.5 Å². The van der Waals surface area contributed by atoms with E-state index in [2.05, 4.69) is 4.98 Å². The van der Waals surface area contributed by atoms with Crippen molar-refractivity contribution in [1.29, 1.82) is 0 Å². The molecule has 1 amide bonds. The topological polar surface area (TPSA) is 33.2 Å². The molecule has 2 rings (SSSR count). The molecule has 1 aliphatic rings. The van der Waals surface area contributed by atoms with Crippen molar-refractivity contribution in [2.45, 2.75) is 38.4 Å². The molecule has 1 aromatic rings. The Bertz CT molecular complexity index is 456. The number of carbonyl (C=O) groups excluding carboxylic acids is 1. The molecule has 2 heterocycles. The maximum Gasteiger partial charge on any atom is 0.433 e. The Labute approximate surface area is 109 Å². The van der Waals surface area contributed by atoms with Gasteiger partial charge in [-0.2, -0.15) is 13.2 Å². The third-order valence-electron chi connectivity index (χ3n) is 3.36. The van der Waals surface area contributed by atoms with E-state index in [1.165, 1.54) is 6.07 Å². The number of hydrogen-bond donors (Lipinski definition) is 0. The number of nitrogens with zero attached hydrogens (tertiary/aromatic N) is 2. The van der Waals surface area contributed by atoms with E-state index >= 15 is 0 Å². The van der Waals surface area contributed by atoms with Gasteiger partial charge in [-0.3, -0.25) is 9.78 Å². The van der Waals surface area contributed by atoms with Gasteiger partial charge in [-0.05, 0) is 38.3 Å². The molecule has 0 aromatic carbocycles. The van der Waals surface area contributed by atoms with Crippen molar-refractivity contribution < 1.29 is 18.0 Å². The average molecular weight is 272 g/mol. The second-order valence-electron chi connectivity index (χ2n) is 4.77. The highest BCUT2D eigenvalue weighted by Gasteiger charge is 2.32. The number of aromatic nitrogens is 1. The molecule has 0 N–H and O–H groups in total. The van der Waals surface area contributed by atoms with Gasteiger partial charge in [-0.1, -0.05) is 0 Å². The summed E-state index contributed by atoms with van der Waals surface area (Å²) in [5.74, 6) is -0.242. The fraction of sp³-hybridized carbons (Fsp3) is 0.538. The molecule has 1 unspecified atom stereocenters. The Morgan fingerprint density at radius 2 is 2.11 bits per heavy atom. The lowest BCUT2D eigenvalue weighted by Gasteiger charge is -2.33. The third kappa shape index (κ3) is 3.05. The van der Waals surface area contributed by atoms with Crippen LogP contribution in [0.3, 0.4) is 0 Å². The summed E-state index contributed by atoms with van der Waals surface area (Å²) in [6.45, 7) is 2.61. The predicted octanol–water partition coefficient (Wildman–Crippen LogP) is 3.12. The molecule has 0 saturated carbocycles. The van der Waals surface area contributed by atoms with Crippen LogP contribution in [0.1, 0.15) is 42.2 Å². The molecule has 0 spiro atoms. The number of amides is 1. The van der Waals surface area contributed by atoms with Crippen LogP contribution < -0.4 is 0 Å². The molecule has 1 fully saturated rings. The van der Waals surface area contributed by atoms with Crippen LogP contribution in [0, 0.1) is 0 Å². The highest BCUT2D eigenvalue weighted by molar-refractivity contribution is 5.94. The zero-order chi connectivity index (χ0) is 14.0. The van der Waals surface area contributed by atoms with Crippen molar-refractivity contribution in [3.05, 3.63) is 29.6 Å². The molecule has 0 radical (unpaired) electrons. The smallest absolute Gasteiger partial charge is 0.336 e. The molecule has 3 nitrogen and oxygen atoms in total. The van der Waals surface area contributed by atoms with Gasteiger partial charge >= 0.3 is 6.18 Å². The van der Waals surface area contributed by atoms with Crippen LogP contribution in [-0.2, 0) is 6.18 Å². The minimum Gasteiger partial charge on any atom is -0.336 e. The van der Waals surface area contributed by atoms with E-state index in [1.54, 1.807) is 4.90 Å². The molecular formula is C13H15F3N2O. The Kier molecular flexibility index (Phi) is 3.78. The highest BCUT2D eigenvalue weighted by Crippen LogP contribution is 2.27. The van der Waals surface area contributed by atoms with E-state index in [9.17, 15) is 18.0 Å². The standard InChI is InChI=1S/C13H15F3N2O/c1-9-4-2-3-7-18(9)12(19)10-5-6-11(17-8-10)13(14,15)16/h5-6,8-9H,2-4,7H2,1H3. The van der Waals surface area contributed by atoms with E-state index in [4.69, 9.17) is 0 Å². The van der Waals surface area contributed by atoms with Gasteiger partial charge < -0.3 is 4.90 Å². The highest BCUT2D eigenvalue weighted by atomic mass is 19.4. The molecule has 1 aromatic heterocycles. The first-order valence-corrected chi connectivity index (χ1v) is 6.24. The number of pyridine rings is 1. The zero-order valence-electron chi connectivity index (χ0n) is 10.6. The van der Waals surface area contributed by atoms with E-state index in [0.29, 0.717) is 6.54 Å². The van der Waals surface area contributed by atoms with Gasteiger partial charge in [-0.25, -0.2) is 0 Å². The molecule has 1 atom stereocenters. The van der Waals surface area contributed by atoms with E-state index in [-0.39, 0.29) is 17.5 Å². The first-order chi connectivity index (χ1) is 8.89. The summed E-state index contributed by atoms with van der Waals surface area (Å²) in [4.78, 5) is 17.2. The summed E-state index contributed by atoms with van der Waals surface area (Å²) in [5, 5.41) is 0. The van der Waals surface area contributed by atoms with Gasteiger partial charge in [-0.15, -0.1) is 0 Å². The molecule has 1 aliphatic heterocycles.